The number of rotatable bonds is 7. The summed E-state index contributed by atoms with van der Waals surface area (Å²) < 4.78 is 12.9. The SMILES string of the molecule is Cc1occc1-c1nnc(SCC(=O)NC[C@H]2CCCO2)n1-c1ccccc1. The second-order valence-electron chi connectivity index (χ2n) is 6.60. The van der Waals surface area contributed by atoms with Crippen LogP contribution >= 0.6 is 11.8 Å². The molecule has 4 rings (SSSR count). The number of carbonyl (C=O) groups is 1. The Labute approximate surface area is 167 Å². The number of nitrogens with zero attached hydrogens (tertiary/aromatic N) is 3. The van der Waals surface area contributed by atoms with Gasteiger partial charge in [0.05, 0.1) is 23.7 Å². The van der Waals surface area contributed by atoms with Gasteiger partial charge in [-0.2, -0.15) is 0 Å². The highest BCUT2D eigenvalue weighted by atomic mass is 32.2. The van der Waals surface area contributed by atoms with Gasteiger partial charge in [-0.15, -0.1) is 10.2 Å². The van der Waals surface area contributed by atoms with Crippen LogP contribution in [-0.2, 0) is 9.53 Å². The summed E-state index contributed by atoms with van der Waals surface area (Å²) in [5, 5.41) is 12.3. The van der Waals surface area contributed by atoms with E-state index in [1.165, 1.54) is 11.8 Å². The number of hydrogen-bond acceptors (Lipinski definition) is 6. The van der Waals surface area contributed by atoms with Gasteiger partial charge in [-0.3, -0.25) is 9.36 Å². The first kappa shape index (κ1) is 18.8. The lowest BCUT2D eigenvalue weighted by atomic mass is 10.2. The summed E-state index contributed by atoms with van der Waals surface area (Å²) in [5.74, 6) is 1.70. The number of aromatic nitrogens is 3. The fourth-order valence-corrected chi connectivity index (χ4v) is 3.96. The molecule has 28 heavy (non-hydrogen) atoms. The van der Waals surface area contributed by atoms with Crippen molar-refractivity contribution >= 4 is 17.7 Å². The van der Waals surface area contributed by atoms with Crippen molar-refractivity contribution in [1.82, 2.24) is 20.1 Å². The van der Waals surface area contributed by atoms with Crippen LogP contribution in [-0.4, -0.2) is 45.7 Å². The van der Waals surface area contributed by atoms with Crippen molar-refractivity contribution in [2.24, 2.45) is 0 Å². The van der Waals surface area contributed by atoms with Gasteiger partial charge in [-0.05, 0) is 38.0 Å². The Bertz CT molecular complexity index is 932. The Morgan fingerprint density at radius 1 is 1.29 bits per heavy atom. The van der Waals surface area contributed by atoms with Gasteiger partial charge >= 0.3 is 0 Å². The summed E-state index contributed by atoms with van der Waals surface area (Å²) in [6.07, 6.45) is 3.84. The van der Waals surface area contributed by atoms with E-state index in [1.807, 2.05) is 47.9 Å². The second-order valence-corrected chi connectivity index (χ2v) is 7.54. The highest BCUT2D eigenvalue weighted by molar-refractivity contribution is 7.99. The Morgan fingerprint density at radius 2 is 2.14 bits per heavy atom. The number of ether oxygens (including phenoxy) is 1. The minimum atomic E-state index is -0.0378. The highest BCUT2D eigenvalue weighted by Gasteiger charge is 2.20. The monoisotopic (exact) mass is 398 g/mol. The quantitative estimate of drug-likeness (QED) is 0.616. The Kier molecular flexibility index (Phi) is 5.78. The minimum absolute atomic E-state index is 0.0378. The van der Waals surface area contributed by atoms with Gasteiger partial charge in [0.2, 0.25) is 5.91 Å². The van der Waals surface area contributed by atoms with E-state index in [0.717, 1.165) is 36.5 Å². The number of para-hydroxylation sites is 1. The van der Waals surface area contributed by atoms with E-state index >= 15 is 0 Å². The van der Waals surface area contributed by atoms with Crippen LogP contribution in [0.4, 0.5) is 0 Å². The Balaban J connectivity index is 1.51. The zero-order chi connectivity index (χ0) is 19.3. The van der Waals surface area contributed by atoms with Crippen LogP contribution < -0.4 is 5.32 Å². The van der Waals surface area contributed by atoms with E-state index in [-0.39, 0.29) is 17.8 Å². The third kappa shape index (κ3) is 4.13. The molecule has 1 amide bonds. The molecule has 0 unspecified atom stereocenters. The summed E-state index contributed by atoms with van der Waals surface area (Å²) >= 11 is 1.36. The molecule has 1 aromatic carbocycles. The zero-order valence-electron chi connectivity index (χ0n) is 15.6. The van der Waals surface area contributed by atoms with Crippen LogP contribution in [0.2, 0.25) is 0 Å². The smallest absolute Gasteiger partial charge is 0.230 e. The van der Waals surface area contributed by atoms with Crippen molar-refractivity contribution in [3.05, 3.63) is 48.4 Å². The molecule has 0 aliphatic carbocycles. The van der Waals surface area contributed by atoms with Crippen LogP contribution in [0.25, 0.3) is 17.1 Å². The van der Waals surface area contributed by atoms with E-state index in [4.69, 9.17) is 9.15 Å². The summed E-state index contributed by atoms with van der Waals surface area (Å²) in [7, 11) is 0. The lowest BCUT2D eigenvalue weighted by molar-refractivity contribution is -0.119. The van der Waals surface area contributed by atoms with Crippen molar-refractivity contribution in [3.63, 3.8) is 0 Å². The molecule has 146 valence electrons. The molecule has 3 heterocycles. The van der Waals surface area contributed by atoms with E-state index in [0.29, 0.717) is 17.5 Å². The van der Waals surface area contributed by atoms with E-state index in [1.54, 1.807) is 6.26 Å². The molecule has 0 spiro atoms. The molecule has 1 N–H and O–H groups in total. The van der Waals surface area contributed by atoms with Crippen LogP contribution in [0.5, 0.6) is 0 Å². The molecule has 1 aliphatic rings. The molecular formula is C20H22N4O3S. The van der Waals surface area contributed by atoms with Crippen molar-refractivity contribution < 1.29 is 13.9 Å². The first-order valence-corrected chi connectivity index (χ1v) is 10.3. The number of thioether (sulfide) groups is 1. The fraction of sp³-hybridized carbons (Fsp3) is 0.350. The zero-order valence-corrected chi connectivity index (χ0v) is 16.4. The summed E-state index contributed by atoms with van der Waals surface area (Å²) in [6.45, 7) is 3.24. The summed E-state index contributed by atoms with van der Waals surface area (Å²) in [6, 6.07) is 11.7. The predicted molar refractivity (Wildman–Crippen MR) is 107 cm³/mol. The molecule has 2 aromatic heterocycles. The largest absolute Gasteiger partial charge is 0.469 e. The molecule has 1 saturated heterocycles. The van der Waals surface area contributed by atoms with Crippen LogP contribution in [0, 0.1) is 6.92 Å². The molecule has 8 heteroatoms. The summed E-state index contributed by atoms with van der Waals surface area (Å²) in [4.78, 5) is 12.3. The van der Waals surface area contributed by atoms with Crippen molar-refractivity contribution in [2.75, 3.05) is 18.9 Å². The number of furan rings is 1. The van der Waals surface area contributed by atoms with Gasteiger partial charge in [0, 0.05) is 18.8 Å². The summed E-state index contributed by atoms with van der Waals surface area (Å²) in [5.41, 5.74) is 1.82. The molecule has 0 radical (unpaired) electrons. The number of hydrogen-bond donors (Lipinski definition) is 1. The molecular weight excluding hydrogens is 376 g/mol. The third-order valence-corrected chi connectivity index (χ3v) is 5.56. The Morgan fingerprint density at radius 3 is 2.86 bits per heavy atom. The number of benzene rings is 1. The normalized spacial score (nSPS) is 16.4. The maximum atomic E-state index is 12.3. The number of amides is 1. The van der Waals surface area contributed by atoms with Crippen LogP contribution in [0.15, 0.2) is 52.2 Å². The number of aryl methyl sites for hydroxylation is 1. The lowest BCUT2D eigenvalue weighted by Gasteiger charge is -2.11. The standard InChI is InChI=1S/C20H22N4O3S/c1-14-17(9-11-26-14)19-22-23-20(24(19)15-6-3-2-4-7-15)28-13-18(25)21-12-16-8-5-10-27-16/h2-4,6-7,9,11,16H,5,8,10,12-13H2,1H3,(H,21,25)/t16-/m1/s1. The van der Waals surface area contributed by atoms with Crippen molar-refractivity contribution in [2.45, 2.75) is 31.0 Å². The average molecular weight is 398 g/mol. The highest BCUT2D eigenvalue weighted by Crippen LogP contribution is 2.30. The molecule has 1 fully saturated rings. The molecule has 3 aromatic rings. The lowest BCUT2D eigenvalue weighted by Crippen LogP contribution is -2.32. The van der Waals surface area contributed by atoms with Crippen LogP contribution in [0.3, 0.4) is 0 Å². The fourth-order valence-electron chi connectivity index (χ4n) is 3.18. The number of nitrogens with one attached hydrogen (secondary N) is 1. The Hall–Kier alpha value is -2.58. The minimum Gasteiger partial charge on any atom is -0.469 e. The maximum absolute atomic E-state index is 12.3. The number of carbonyl (C=O) groups excluding carboxylic acids is 1. The van der Waals surface area contributed by atoms with Crippen molar-refractivity contribution in [3.8, 4) is 17.1 Å². The topological polar surface area (TPSA) is 82.2 Å². The van der Waals surface area contributed by atoms with E-state index < -0.39 is 0 Å². The third-order valence-electron chi connectivity index (χ3n) is 4.63. The first-order chi connectivity index (χ1) is 13.7. The van der Waals surface area contributed by atoms with Gasteiger partial charge in [0.25, 0.3) is 0 Å². The average Bonchev–Trinajstić information content (AvgIpc) is 3.46. The molecule has 0 bridgehead atoms. The van der Waals surface area contributed by atoms with Gasteiger partial charge in [-0.25, -0.2) is 0 Å². The van der Waals surface area contributed by atoms with Gasteiger partial charge < -0.3 is 14.5 Å². The van der Waals surface area contributed by atoms with Gasteiger partial charge in [0.15, 0.2) is 11.0 Å². The van der Waals surface area contributed by atoms with E-state index in [2.05, 4.69) is 15.5 Å². The molecule has 1 atom stereocenters. The molecule has 1 aliphatic heterocycles. The van der Waals surface area contributed by atoms with Gasteiger partial charge in [-0.1, -0.05) is 30.0 Å². The molecule has 0 saturated carbocycles. The van der Waals surface area contributed by atoms with E-state index in [9.17, 15) is 4.79 Å². The second kappa shape index (κ2) is 8.62. The van der Waals surface area contributed by atoms with Gasteiger partial charge in [0.1, 0.15) is 5.76 Å². The maximum Gasteiger partial charge on any atom is 0.230 e. The first-order valence-electron chi connectivity index (χ1n) is 9.29. The predicted octanol–water partition coefficient (Wildman–Crippen LogP) is 3.22. The van der Waals surface area contributed by atoms with Crippen molar-refractivity contribution in [1.29, 1.82) is 0 Å². The molecule has 7 nitrogen and oxygen atoms in total. The van der Waals surface area contributed by atoms with Crippen LogP contribution in [0.1, 0.15) is 18.6 Å².